The van der Waals surface area contributed by atoms with Gasteiger partial charge in [0.05, 0.1) is 62.9 Å². The lowest BCUT2D eigenvalue weighted by Crippen LogP contribution is -2.35. The van der Waals surface area contributed by atoms with Crippen molar-refractivity contribution in [3.8, 4) is 5.75 Å². The second-order valence-corrected chi connectivity index (χ2v) is 11.7. The van der Waals surface area contributed by atoms with E-state index >= 15 is 0 Å². The van der Waals surface area contributed by atoms with Crippen molar-refractivity contribution < 1.29 is 22.3 Å². The van der Waals surface area contributed by atoms with Crippen molar-refractivity contribution in [3.63, 3.8) is 0 Å². The highest BCUT2D eigenvalue weighted by Gasteiger charge is 2.15. The van der Waals surface area contributed by atoms with Crippen LogP contribution in [0.1, 0.15) is 11.5 Å². The highest BCUT2D eigenvalue weighted by atomic mass is 35.5. The van der Waals surface area contributed by atoms with Crippen molar-refractivity contribution in [3.05, 3.63) is 77.3 Å². The van der Waals surface area contributed by atoms with Gasteiger partial charge in [-0.1, -0.05) is 23.7 Å². The van der Waals surface area contributed by atoms with E-state index in [0.29, 0.717) is 35.2 Å². The van der Waals surface area contributed by atoms with Gasteiger partial charge in [-0.05, 0) is 36.4 Å². The molecule has 1 aliphatic rings. The Hall–Kier alpha value is -4.04. The zero-order valence-electron chi connectivity index (χ0n) is 23.2. The van der Waals surface area contributed by atoms with E-state index in [9.17, 15) is 8.42 Å². The molecular formula is C28H32ClN7O5S. The van der Waals surface area contributed by atoms with Crippen molar-refractivity contribution >= 4 is 56.1 Å². The van der Waals surface area contributed by atoms with E-state index in [2.05, 4.69) is 35.5 Å². The summed E-state index contributed by atoms with van der Waals surface area (Å²) in [6.07, 6.45) is 2.53. The first-order valence-electron chi connectivity index (χ1n) is 13.2. The van der Waals surface area contributed by atoms with Crippen LogP contribution >= 0.6 is 11.6 Å². The van der Waals surface area contributed by atoms with E-state index in [1.165, 1.54) is 6.20 Å². The molecular weight excluding hydrogens is 582 g/mol. The largest absolute Gasteiger partial charge is 0.494 e. The third kappa shape index (κ3) is 8.03. The molecule has 1 aliphatic heterocycles. The number of hydrogen-bond donors (Lipinski definition) is 4. The van der Waals surface area contributed by atoms with E-state index in [1.807, 2.05) is 30.3 Å². The predicted molar refractivity (Wildman–Crippen MR) is 164 cm³/mol. The van der Waals surface area contributed by atoms with Crippen LogP contribution in [0.4, 0.5) is 34.5 Å². The highest BCUT2D eigenvalue weighted by molar-refractivity contribution is 7.92. The van der Waals surface area contributed by atoms with E-state index in [4.69, 9.17) is 25.5 Å². The lowest BCUT2D eigenvalue weighted by Gasteiger charge is -2.25. The van der Waals surface area contributed by atoms with Crippen LogP contribution in [0.25, 0.3) is 0 Å². The molecule has 1 fully saturated rings. The average Bonchev–Trinajstić information content (AvgIpc) is 3.42. The number of methoxy groups -OCH3 is 1. The number of para-hydroxylation sites is 2. The molecule has 2 aromatic heterocycles. The summed E-state index contributed by atoms with van der Waals surface area (Å²) in [6, 6.07) is 16.4. The summed E-state index contributed by atoms with van der Waals surface area (Å²) in [5.41, 5.74) is 2.32. The van der Waals surface area contributed by atoms with Gasteiger partial charge in [-0.2, -0.15) is 4.98 Å². The summed E-state index contributed by atoms with van der Waals surface area (Å²) in [7, 11) is -1.91. The number of nitrogens with zero attached hydrogens (tertiary/aromatic N) is 3. The summed E-state index contributed by atoms with van der Waals surface area (Å²) in [6.45, 7) is 4.61. The summed E-state index contributed by atoms with van der Waals surface area (Å²) >= 11 is 6.35. The quantitative estimate of drug-likeness (QED) is 0.171. The van der Waals surface area contributed by atoms with E-state index in [1.54, 1.807) is 31.4 Å². The van der Waals surface area contributed by atoms with Gasteiger partial charge in [-0.3, -0.25) is 9.62 Å². The first-order valence-corrected chi connectivity index (χ1v) is 15.5. The maximum atomic E-state index is 11.8. The smallest absolute Gasteiger partial charge is 0.229 e. The minimum absolute atomic E-state index is 0.257. The number of benzene rings is 2. The van der Waals surface area contributed by atoms with Crippen molar-refractivity contribution in [1.82, 2.24) is 14.9 Å². The number of ether oxygens (including phenoxy) is 2. The number of nitrogens with one attached hydrogen (secondary N) is 4. The molecule has 4 aromatic rings. The minimum atomic E-state index is -3.48. The molecule has 0 unspecified atom stereocenters. The summed E-state index contributed by atoms with van der Waals surface area (Å²) < 4.78 is 43.0. The number of aromatic nitrogens is 2. The van der Waals surface area contributed by atoms with E-state index in [-0.39, 0.29) is 11.0 Å². The Labute approximate surface area is 249 Å². The van der Waals surface area contributed by atoms with Crippen LogP contribution < -0.4 is 25.4 Å². The molecule has 222 valence electrons. The predicted octanol–water partition coefficient (Wildman–Crippen LogP) is 5.03. The number of anilines is 6. The summed E-state index contributed by atoms with van der Waals surface area (Å²) in [4.78, 5) is 11.1. The van der Waals surface area contributed by atoms with Gasteiger partial charge in [-0.15, -0.1) is 0 Å². The Morgan fingerprint density at radius 3 is 2.52 bits per heavy atom. The van der Waals surface area contributed by atoms with Crippen LogP contribution in [-0.2, 0) is 27.8 Å². The lowest BCUT2D eigenvalue weighted by molar-refractivity contribution is 0.0312. The van der Waals surface area contributed by atoms with Gasteiger partial charge in [-0.25, -0.2) is 13.4 Å². The van der Waals surface area contributed by atoms with Gasteiger partial charge in [0.1, 0.15) is 22.3 Å². The van der Waals surface area contributed by atoms with Crippen LogP contribution in [0.5, 0.6) is 5.75 Å². The average molecular weight is 614 g/mol. The Morgan fingerprint density at radius 2 is 1.76 bits per heavy atom. The molecule has 3 heterocycles. The van der Waals surface area contributed by atoms with Crippen LogP contribution in [0.2, 0.25) is 5.02 Å². The third-order valence-corrected chi connectivity index (χ3v) is 7.20. The zero-order valence-corrected chi connectivity index (χ0v) is 24.8. The molecule has 2 aromatic carbocycles. The lowest BCUT2D eigenvalue weighted by atomic mass is 10.2. The summed E-state index contributed by atoms with van der Waals surface area (Å²) in [5.74, 6) is 2.89. The molecule has 0 radical (unpaired) electrons. The number of morpholine rings is 1. The second kappa shape index (κ2) is 13.3. The van der Waals surface area contributed by atoms with Crippen LogP contribution in [-0.4, -0.2) is 63.0 Å². The van der Waals surface area contributed by atoms with E-state index in [0.717, 1.165) is 56.3 Å². The Balaban J connectivity index is 1.24. The van der Waals surface area contributed by atoms with Crippen molar-refractivity contribution in [2.24, 2.45) is 0 Å². The number of furan rings is 1. The topological polar surface area (TPSA) is 143 Å². The molecule has 1 saturated heterocycles. The SMILES string of the molecule is COc1cc(NCc2ccc(CN3CCOCC3)o2)ccc1Nc1ncc(Cl)c(Nc2ccccc2NS(C)(=O)=O)n1. The fourth-order valence-electron chi connectivity index (χ4n) is 4.32. The number of sulfonamides is 1. The highest BCUT2D eigenvalue weighted by Crippen LogP contribution is 2.33. The first-order chi connectivity index (χ1) is 20.3. The molecule has 12 nitrogen and oxygen atoms in total. The molecule has 0 bridgehead atoms. The van der Waals surface area contributed by atoms with Gasteiger partial charge >= 0.3 is 0 Å². The Kier molecular flexibility index (Phi) is 9.32. The van der Waals surface area contributed by atoms with Crippen LogP contribution in [0, 0.1) is 0 Å². The molecule has 14 heteroatoms. The third-order valence-electron chi connectivity index (χ3n) is 6.33. The number of hydrogen-bond acceptors (Lipinski definition) is 11. The minimum Gasteiger partial charge on any atom is -0.494 e. The number of rotatable bonds is 12. The fourth-order valence-corrected chi connectivity index (χ4v) is 5.04. The summed E-state index contributed by atoms with van der Waals surface area (Å²) in [5, 5.41) is 9.85. The standard InChI is InChI=1S/C28H32ClN7O5S/c1-39-26-15-19(30-16-20-8-9-21(41-20)18-36-11-13-40-14-12-36)7-10-25(26)33-28-31-17-22(29)27(34-28)32-23-5-3-4-6-24(23)35-42(2,37)38/h3-10,15,17,30,35H,11-14,16,18H2,1-2H3,(H2,31,32,33,34). The van der Waals surface area contributed by atoms with Crippen molar-refractivity contribution in [2.75, 3.05) is 60.3 Å². The van der Waals surface area contributed by atoms with Gasteiger partial charge in [0.15, 0.2) is 5.82 Å². The first kappa shape index (κ1) is 29.5. The second-order valence-electron chi connectivity index (χ2n) is 9.59. The molecule has 0 amide bonds. The normalized spacial score (nSPS) is 13.9. The Bertz CT molecular complexity index is 1630. The molecule has 0 aliphatic carbocycles. The van der Waals surface area contributed by atoms with Crippen LogP contribution in [0.15, 0.2) is 65.2 Å². The molecule has 0 atom stereocenters. The van der Waals surface area contributed by atoms with Gasteiger partial charge in [0.25, 0.3) is 0 Å². The van der Waals surface area contributed by atoms with Gasteiger partial charge in [0.2, 0.25) is 16.0 Å². The maximum absolute atomic E-state index is 11.8. The molecule has 5 rings (SSSR count). The maximum Gasteiger partial charge on any atom is 0.229 e. The monoisotopic (exact) mass is 613 g/mol. The number of halogens is 1. The van der Waals surface area contributed by atoms with E-state index < -0.39 is 10.0 Å². The van der Waals surface area contributed by atoms with Crippen LogP contribution in [0.3, 0.4) is 0 Å². The van der Waals surface area contributed by atoms with Crippen molar-refractivity contribution in [2.45, 2.75) is 13.1 Å². The van der Waals surface area contributed by atoms with Gasteiger partial charge < -0.3 is 29.8 Å². The van der Waals surface area contributed by atoms with Crippen molar-refractivity contribution in [1.29, 1.82) is 0 Å². The molecule has 0 saturated carbocycles. The molecule has 0 spiro atoms. The Morgan fingerprint density at radius 1 is 1.00 bits per heavy atom. The fraction of sp³-hybridized carbons (Fsp3) is 0.286. The molecule has 42 heavy (non-hydrogen) atoms. The zero-order chi connectivity index (χ0) is 29.5. The molecule has 4 N–H and O–H groups in total. The van der Waals surface area contributed by atoms with Gasteiger partial charge in [0, 0.05) is 24.8 Å².